The number of piperidine rings is 1. The normalized spacial score (nSPS) is 25.7. The van der Waals surface area contributed by atoms with Crippen LogP contribution in [0.1, 0.15) is 37.3 Å². The number of nitrogens with one attached hydrogen (secondary N) is 2. The van der Waals surface area contributed by atoms with Gasteiger partial charge in [0.25, 0.3) is 0 Å². The van der Waals surface area contributed by atoms with Gasteiger partial charge in [-0.05, 0) is 35.4 Å². The molecule has 0 bridgehead atoms. The zero-order valence-corrected chi connectivity index (χ0v) is 17.5. The smallest absolute Gasteiger partial charge is 0.238 e. The van der Waals surface area contributed by atoms with Gasteiger partial charge in [0.1, 0.15) is 11.5 Å². The van der Waals surface area contributed by atoms with Gasteiger partial charge in [0, 0.05) is 34.0 Å². The van der Waals surface area contributed by atoms with E-state index in [-0.39, 0.29) is 29.9 Å². The molecule has 2 aromatic rings. The summed E-state index contributed by atoms with van der Waals surface area (Å²) in [6.07, 6.45) is 0.0672. The van der Waals surface area contributed by atoms with Gasteiger partial charge >= 0.3 is 0 Å². The van der Waals surface area contributed by atoms with E-state index in [9.17, 15) is 14.4 Å². The molecule has 0 unspecified atom stereocenters. The molecule has 7 heteroatoms. The first-order chi connectivity index (χ1) is 13.7. The fourth-order valence-corrected chi connectivity index (χ4v) is 4.95. The van der Waals surface area contributed by atoms with Crippen molar-refractivity contribution in [2.45, 2.75) is 37.6 Å². The summed E-state index contributed by atoms with van der Waals surface area (Å²) in [7, 11) is 0. The second kappa shape index (κ2) is 7.15. The van der Waals surface area contributed by atoms with Crippen molar-refractivity contribution in [2.75, 3.05) is 5.32 Å². The van der Waals surface area contributed by atoms with Crippen molar-refractivity contribution in [3.63, 3.8) is 0 Å². The minimum Gasteiger partial charge on any atom is -0.345 e. The van der Waals surface area contributed by atoms with Gasteiger partial charge in [-0.25, -0.2) is 0 Å². The highest BCUT2D eigenvalue weighted by Gasteiger charge is 2.62. The van der Waals surface area contributed by atoms with E-state index in [0.29, 0.717) is 21.3 Å². The van der Waals surface area contributed by atoms with Crippen LogP contribution in [0.3, 0.4) is 0 Å². The molecule has 0 saturated carbocycles. The van der Waals surface area contributed by atoms with Gasteiger partial charge in [0.2, 0.25) is 11.8 Å². The monoisotopic (exact) mass is 430 g/mol. The lowest BCUT2D eigenvalue weighted by atomic mass is 9.59. The number of fused-ring (bicyclic) bond motifs is 2. The minimum absolute atomic E-state index is 0.0672. The number of benzene rings is 2. The maximum Gasteiger partial charge on any atom is 0.238 e. The first-order valence-corrected chi connectivity index (χ1v) is 10.2. The lowest BCUT2D eigenvalue weighted by molar-refractivity contribution is -0.140. The third-order valence-electron chi connectivity index (χ3n) is 5.86. The molecular formula is C22H20Cl2N2O3. The summed E-state index contributed by atoms with van der Waals surface area (Å²) in [6.45, 7) is 3.53. The Morgan fingerprint density at radius 1 is 1.10 bits per heavy atom. The standard InChI is InChI=1S/C22H20Cl2N2O3/c1-11(2)19(28)20-22(15-7-6-14(24)9-17(15)25-21(22)29)16(10-18(27)26-20)12-4-3-5-13(23)8-12/h3-9,11,16,20H,10H2,1-2H3,(H,25,29)(H,26,27)/t16-,20-,22-/m0/s1. The number of ketones is 1. The van der Waals surface area contributed by atoms with Gasteiger partial charge in [0.05, 0.1) is 0 Å². The number of anilines is 1. The second-order valence-corrected chi connectivity index (χ2v) is 8.76. The first kappa shape index (κ1) is 19.9. The molecule has 2 aliphatic heterocycles. The minimum atomic E-state index is -1.28. The molecule has 2 aliphatic rings. The average molecular weight is 431 g/mol. The molecule has 1 spiro atoms. The summed E-state index contributed by atoms with van der Waals surface area (Å²) in [4.78, 5) is 39.4. The van der Waals surface area contributed by atoms with Crippen LogP contribution in [-0.4, -0.2) is 23.6 Å². The number of carbonyl (C=O) groups is 3. The molecule has 29 heavy (non-hydrogen) atoms. The number of carbonyl (C=O) groups excluding carboxylic acids is 3. The van der Waals surface area contributed by atoms with Gasteiger partial charge in [-0.2, -0.15) is 0 Å². The van der Waals surface area contributed by atoms with Crippen molar-refractivity contribution < 1.29 is 14.4 Å². The van der Waals surface area contributed by atoms with Gasteiger partial charge in [-0.15, -0.1) is 0 Å². The van der Waals surface area contributed by atoms with Crippen molar-refractivity contribution in [2.24, 2.45) is 5.92 Å². The van der Waals surface area contributed by atoms with Crippen molar-refractivity contribution in [3.8, 4) is 0 Å². The molecule has 2 aromatic carbocycles. The highest BCUT2D eigenvalue weighted by molar-refractivity contribution is 6.31. The molecule has 1 fully saturated rings. The van der Waals surface area contributed by atoms with E-state index < -0.39 is 17.4 Å². The third kappa shape index (κ3) is 3.04. The summed E-state index contributed by atoms with van der Waals surface area (Å²) in [5.41, 5.74) is 0.690. The summed E-state index contributed by atoms with van der Waals surface area (Å²) >= 11 is 12.4. The Labute approximate surface area is 178 Å². The van der Waals surface area contributed by atoms with E-state index in [2.05, 4.69) is 10.6 Å². The molecule has 0 aliphatic carbocycles. The number of rotatable bonds is 3. The molecule has 150 valence electrons. The van der Waals surface area contributed by atoms with Crippen LogP contribution in [0.25, 0.3) is 0 Å². The Kier molecular flexibility index (Phi) is 4.91. The van der Waals surface area contributed by atoms with E-state index in [1.54, 1.807) is 50.2 Å². The van der Waals surface area contributed by atoms with E-state index in [0.717, 1.165) is 5.56 Å². The van der Waals surface area contributed by atoms with Crippen LogP contribution in [0, 0.1) is 5.92 Å². The Morgan fingerprint density at radius 3 is 2.52 bits per heavy atom. The summed E-state index contributed by atoms with van der Waals surface area (Å²) in [5.74, 6) is -1.69. The van der Waals surface area contributed by atoms with Crippen LogP contribution in [0.2, 0.25) is 10.0 Å². The fourth-order valence-electron chi connectivity index (χ4n) is 4.58. The predicted molar refractivity (Wildman–Crippen MR) is 112 cm³/mol. The van der Waals surface area contributed by atoms with E-state index >= 15 is 0 Å². The van der Waals surface area contributed by atoms with Gasteiger partial charge in [0.15, 0.2) is 5.78 Å². The molecule has 3 atom stereocenters. The van der Waals surface area contributed by atoms with Crippen molar-refractivity contribution in [3.05, 3.63) is 63.6 Å². The maximum atomic E-state index is 13.5. The third-order valence-corrected chi connectivity index (χ3v) is 6.33. The molecule has 2 N–H and O–H groups in total. The number of halogens is 2. The summed E-state index contributed by atoms with van der Waals surface area (Å²) in [6, 6.07) is 11.3. The molecule has 2 amide bonds. The number of hydrogen-bond acceptors (Lipinski definition) is 3. The van der Waals surface area contributed by atoms with Crippen LogP contribution in [0.4, 0.5) is 5.69 Å². The number of hydrogen-bond donors (Lipinski definition) is 2. The first-order valence-electron chi connectivity index (χ1n) is 9.45. The van der Waals surface area contributed by atoms with Crippen molar-refractivity contribution in [1.29, 1.82) is 0 Å². The Balaban J connectivity index is 2.01. The van der Waals surface area contributed by atoms with Crippen LogP contribution in [-0.2, 0) is 19.8 Å². The highest BCUT2D eigenvalue weighted by Crippen LogP contribution is 2.53. The molecule has 0 radical (unpaired) electrons. The quantitative estimate of drug-likeness (QED) is 0.769. The lowest BCUT2D eigenvalue weighted by Gasteiger charge is -2.45. The largest absolute Gasteiger partial charge is 0.345 e. The van der Waals surface area contributed by atoms with Crippen LogP contribution >= 0.6 is 23.2 Å². The Hall–Kier alpha value is -2.37. The van der Waals surface area contributed by atoms with E-state index in [1.165, 1.54) is 0 Å². The van der Waals surface area contributed by atoms with Crippen LogP contribution < -0.4 is 10.6 Å². The zero-order valence-electron chi connectivity index (χ0n) is 16.0. The summed E-state index contributed by atoms with van der Waals surface area (Å²) < 4.78 is 0. The number of Topliss-reactive ketones (excluding diaryl/α,β-unsaturated/α-hetero) is 1. The molecule has 1 saturated heterocycles. The Bertz CT molecular complexity index is 1040. The molecule has 0 aromatic heterocycles. The average Bonchev–Trinajstić information content (AvgIpc) is 2.94. The zero-order chi connectivity index (χ0) is 20.9. The van der Waals surface area contributed by atoms with Crippen molar-refractivity contribution >= 4 is 46.5 Å². The van der Waals surface area contributed by atoms with E-state index in [1.807, 2.05) is 6.07 Å². The molecule has 5 nitrogen and oxygen atoms in total. The fraction of sp³-hybridized carbons (Fsp3) is 0.318. The molecular weight excluding hydrogens is 411 g/mol. The summed E-state index contributed by atoms with van der Waals surface area (Å²) in [5, 5.41) is 6.69. The molecule has 4 rings (SSSR count). The maximum absolute atomic E-state index is 13.5. The SMILES string of the molecule is CC(C)C(=O)[C@@H]1NC(=O)C[C@@H](c2cccc(Cl)c2)[C@]12C(=O)Nc1cc(Cl)ccc12. The van der Waals surface area contributed by atoms with Gasteiger partial charge in [-0.1, -0.05) is 55.2 Å². The highest BCUT2D eigenvalue weighted by atomic mass is 35.5. The number of amides is 2. The Morgan fingerprint density at radius 2 is 1.83 bits per heavy atom. The predicted octanol–water partition coefficient (Wildman–Crippen LogP) is 4.08. The lowest BCUT2D eigenvalue weighted by Crippen LogP contribution is -2.65. The topological polar surface area (TPSA) is 75.3 Å². The second-order valence-electron chi connectivity index (χ2n) is 7.88. The van der Waals surface area contributed by atoms with Crippen LogP contribution in [0.5, 0.6) is 0 Å². The van der Waals surface area contributed by atoms with Crippen LogP contribution in [0.15, 0.2) is 42.5 Å². The van der Waals surface area contributed by atoms with Crippen molar-refractivity contribution in [1.82, 2.24) is 5.32 Å². The van der Waals surface area contributed by atoms with Gasteiger partial charge in [-0.3, -0.25) is 14.4 Å². The molecule has 2 heterocycles. The van der Waals surface area contributed by atoms with E-state index in [4.69, 9.17) is 23.2 Å². The van der Waals surface area contributed by atoms with Gasteiger partial charge < -0.3 is 10.6 Å².